The number of anilines is 1. The van der Waals surface area contributed by atoms with E-state index in [1.165, 1.54) is 31.3 Å². The molecule has 1 atom stereocenters. The first kappa shape index (κ1) is 13.0. The van der Waals surface area contributed by atoms with Crippen molar-refractivity contribution >= 4 is 11.7 Å². The van der Waals surface area contributed by atoms with Crippen LogP contribution in [0.5, 0.6) is 0 Å². The molecule has 1 aromatic carbocycles. The van der Waals surface area contributed by atoms with Crippen molar-refractivity contribution in [2.45, 2.75) is 12.5 Å². The number of hydrogen-bond acceptors (Lipinski definition) is 3. The van der Waals surface area contributed by atoms with Crippen LogP contribution >= 0.6 is 0 Å². The van der Waals surface area contributed by atoms with E-state index < -0.39 is 17.3 Å². The number of hydrogen-bond donors (Lipinski definition) is 2. The summed E-state index contributed by atoms with van der Waals surface area (Å²) in [7, 11) is 0. The smallest absolute Gasteiger partial charge is 0.333 e. The summed E-state index contributed by atoms with van der Waals surface area (Å²) in [5.74, 6) is -1.49. The van der Waals surface area contributed by atoms with Crippen LogP contribution in [0.25, 0.3) is 0 Å². The van der Waals surface area contributed by atoms with Crippen molar-refractivity contribution in [2.75, 3.05) is 5.32 Å². The first-order valence-corrected chi connectivity index (χ1v) is 5.70. The number of pyridine rings is 1. The fourth-order valence-corrected chi connectivity index (χ4v) is 1.76. The summed E-state index contributed by atoms with van der Waals surface area (Å²) in [6.07, 6.45) is 3.04. The number of carbonyl (C=O) groups is 1. The van der Waals surface area contributed by atoms with Crippen LogP contribution in [0.3, 0.4) is 0 Å². The van der Waals surface area contributed by atoms with Gasteiger partial charge in [-0.05, 0) is 31.2 Å². The number of nitrogens with zero attached hydrogens (tertiary/aromatic N) is 1. The molecule has 2 aromatic rings. The normalized spacial score (nSPS) is 13.6. The molecule has 0 saturated carbocycles. The maximum atomic E-state index is 13.1. The molecule has 1 aromatic heterocycles. The summed E-state index contributed by atoms with van der Waals surface area (Å²) in [5, 5.41) is 12.3. The van der Waals surface area contributed by atoms with Crippen molar-refractivity contribution in [1.29, 1.82) is 0 Å². The van der Waals surface area contributed by atoms with Crippen molar-refractivity contribution in [3.63, 3.8) is 0 Å². The second-order valence-electron chi connectivity index (χ2n) is 4.31. The van der Waals surface area contributed by atoms with Gasteiger partial charge in [-0.3, -0.25) is 4.98 Å². The van der Waals surface area contributed by atoms with Crippen molar-refractivity contribution in [2.24, 2.45) is 0 Å². The van der Waals surface area contributed by atoms with E-state index in [0.29, 0.717) is 11.3 Å². The molecular weight excluding hydrogens is 247 g/mol. The van der Waals surface area contributed by atoms with Crippen LogP contribution < -0.4 is 5.32 Å². The molecule has 0 aliphatic heterocycles. The Bertz CT molecular complexity index is 589. The van der Waals surface area contributed by atoms with Crippen LogP contribution in [0, 0.1) is 5.82 Å². The quantitative estimate of drug-likeness (QED) is 0.887. The van der Waals surface area contributed by atoms with Gasteiger partial charge < -0.3 is 10.4 Å². The van der Waals surface area contributed by atoms with Gasteiger partial charge in [-0.15, -0.1) is 0 Å². The van der Waals surface area contributed by atoms with Crippen LogP contribution in [0.4, 0.5) is 10.1 Å². The van der Waals surface area contributed by atoms with Gasteiger partial charge in [0.1, 0.15) is 5.82 Å². The molecule has 2 rings (SSSR count). The highest BCUT2D eigenvalue weighted by Crippen LogP contribution is 2.26. The Kier molecular flexibility index (Phi) is 3.46. The number of rotatable bonds is 4. The minimum absolute atomic E-state index is 0.397. The van der Waals surface area contributed by atoms with Gasteiger partial charge in [0, 0.05) is 23.6 Å². The zero-order chi connectivity index (χ0) is 13.9. The van der Waals surface area contributed by atoms with Gasteiger partial charge in [0.25, 0.3) is 0 Å². The molecule has 5 heteroatoms. The Labute approximate surface area is 109 Å². The molecule has 0 saturated heterocycles. The SMILES string of the molecule is CC(Nc1cccc(F)c1)(C(=O)O)c1cccnc1. The molecule has 0 aliphatic carbocycles. The second kappa shape index (κ2) is 5.06. The lowest BCUT2D eigenvalue weighted by Crippen LogP contribution is -2.40. The Balaban J connectivity index is 2.39. The van der Waals surface area contributed by atoms with Crippen LogP contribution in [-0.2, 0) is 10.3 Å². The number of halogens is 1. The largest absolute Gasteiger partial charge is 0.479 e. The van der Waals surface area contributed by atoms with Crippen molar-refractivity contribution in [1.82, 2.24) is 4.98 Å². The molecule has 1 unspecified atom stereocenters. The van der Waals surface area contributed by atoms with Gasteiger partial charge >= 0.3 is 5.97 Å². The van der Waals surface area contributed by atoms with E-state index in [0.717, 1.165) is 0 Å². The summed E-state index contributed by atoms with van der Waals surface area (Å²) in [6.45, 7) is 1.51. The fourth-order valence-electron chi connectivity index (χ4n) is 1.76. The summed E-state index contributed by atoms with van der Waals surface area (Å²) in [5.41, 5.74) is -0.484. The van der Waals surface area contributed by atoms with Gasteiger partial charge in [-0.25, -0.2) is 9.18 Å². The van der Waals surface area contributed by atoms with Crippen molar-refractivity contribution in [3.05, 3.63) is 60.2 Å². The number of nitrogens with one attached hydrogen (secondary N) is 1. The zero-order valence-corrected chi connectivity index (χ0v) is 10.3. The first-order valence-electron chi connectivity index (χ1n) is 5.70. The van der Waals surface area contributed by atoms with E-state index in [9.17, 15) is 14.3 Å². The monoisotopic (exact) mass is 260 g/mol. The third-order valence-corrected chi connectivity index (χ3v) is 2.89. The van der Waals surface area contributed by atoms with Gasteiger partial charge in [-0.2, -0.15) is 0 Å². The van der Waals surface area contributed by atoms with Crippen LogP contribution in [-0.4, -0.2) is 16.1 Å². The zero-order valence-electron chi connectivity index (χ0n) is 10.3. The van der Waals surface area contributed by atoms with E-state index in [4.69, 9.17) is 0 Å². The van der Waals surface area contributed by atoms with Gasteiger partial charge in [-0.1, -0.05) is 12.1 Å². The number of carboxylic acids is 1. The minimum Gasteiger partial charge on any atom is -0.479 e. The molecule has 0 amide bonds. The standard InChI is InChI=1S/C14H13FN2O2/c1-14(13(18)19,10-4-3-7-16-9-10)17-12-6-2-5-11(15)8-12/h2-9,17H,1H3,(H,18,19). The summed E-state index contributed by atoms with van der Waals surface area (Å²) < 4.78 is 13.1. The number of carboxylic acid groups (broad SMARTS) is 1. The lowest BCUT2D eigenvalue weighted by atomic mass is 9.93. The Morgan fingerprint density at radius 2 is 2.16 bits per heavy atom. The lowest BCUT2D eigenvalue weighted by molar-refractivity contribution is -0.142. The average molecular weight is 260 g/mol. The molecule has 0 spiro atoms. The molecule has 2 N–H and O–H groups in total. The van der Waals surface area contributed by atoms with Gasteiger partial charge in [0.15, 0.2) is 5.54 Å². The second-order valence-corrected chi connectivity index (χ2v) is 4.31. The van der Waals surface area contributed by atoms with Gasteiger partial charge in [0.2, 0.25) is 0 Å². The number of aromatic nitrogens is 1. The lowest BCUT2D eigenvalue weighted by Gasteiger charge is -2.27. The highest BCUT2D eigenvalue weighted by Gasteiger charge is 2.35. The first-order chi connectivity index (χ1) is 9.02. The Hall–Kier alpha value is -2.43. The Morgan fingerprint density at radius 3 is 2.74 bits per heavy atom. The molecule has 98 valence electrons. The number of benzene rings is 1. The van der Waals surface area contributed by atoms with Gasteiger partial charge in [0.05, 0.1) is 0 Å². The summed E-state index contributed by atoms with van der Waals surface area (Å²) in [6, 6.07) is 8.99. The highest BCUT2D eigenvalue weighted by molar-refractivity contribution is 5.84. The summed E-state index contributed by atoms with van der Waals surface area (Å²) >= 11 is 0. The Morgan fingerprint density at radius 1 is 1.37 bits per heavy atom. The minimum atomic E-state index is -1.37. The van der Waals surface area contributed by atoms with Crippen LogP contribution in [0.2, 0.25) is 0 Å². The topological polar surface area (TPSA) is 62.2 Å². The summed E-state index contributed by atoms with van der Waals surface area (Å²) in [4.78, 5) is 15.4. The van der Waals surface area contributed by atoms with E-state index in [1.54, 1.807) is 24.4 Å². The molecule has 0 aliphatic rings. The maximum Gasteiger partial charge on any atom is 0.333 e. The third kappa shape index (κ3) is 2.70. The van der Waals surface area contributed by atoms with E-state index >= 15 is 0 Å². The predicted octanol–water partition coefficient (Wildman–Crippen LogP) is 2.63. The van der Waals surface area contributed by atoms with E-state index in [2.05, 4.69) is 10.3 Å². The van der Waals surface area contributed by atoms with Crippen LogP contribution in [0.1, 0.15) is 12.5 Å². The third-order valence-electron chi connectivity index (χ3n) is 2.89. The average Bonchev–Trinajstić information content (AvgIpc) is 2.39. The fraction of sp³-hybridized carbons (Fsp3) is 0.143. The molecule has 0 fully saturated rings. The predicted molar refractivity (Wildman–Crippen MR) is 69.2 cm³/mol. The highest BCUT2D eigenvalue weighted by atomic mass is 19.1. The number of aliphatic carboxylic acids is 1. The molecular formula is C14H13FN2O2. The molecule has 0 radical (unpaired) electrons. The molecule has 19 heavy (non-hydrogen) atoms. The van der Waals surface area contributed by atoms with Crippen LogP contribution in [0.15, 0.2) is 48.8 Å². The molecule has 0 bridgehead atoms. The van der Waals surface area contributed by atoms with Crippen molar-refractivity contribution in [3.8, 4) is 0 Å². The maximum absolute atomic E-state index is 13.1. The van der Waals surface area contributed by atoms with E-state index in [-0.39, 0.29) is 0 Å². The van der Waals surface area contributed by atoms with E-state index in [1.807, 2.05) is 0 Å². The molecule has 1 heterocycles. The van der Waals surface area contributed by atoms with Crippen molar-refractivity contribution < 1.29 is 14.3 Å². The molecule has 4 nitrogen and oxygen atoms in total.